The molecule has 0 aliphatic rings. The van der Waals surface area contributed by atoms with Crippen molar-refractivity contribution in [2.75, 3.05) is 7.05 Å². The monoisotopic (exact) mass is 347 g/mol. The van der Waals surface area contributed by atoms with E-state index in [2.05, 4.69) is 53.3 Å². The quantitative estimate of drug-likeness (QED) is 0.747. The molecule has 1 N–H and O–H groups in total. The van der Waals surface area contributed by atoms with Crippen LogP contribution in [0.5, 0.6) is 11.5 Å². The van der Waals surface area contributed by atoms with E-state index in [4.69, 9.17) is 4.74 Å². The topological polar surface area (TPSA) is 21.3 Å². The maximum Gasteiger partial charge on any atom is 0.132 e. The first-order valence-corrected chi connectivity index (χ1v) is 8.16. The first-order chi connectivity index (χ1) is 10.1. The number of benzene rings is 2. The summed E-state index contributed by atoms with van der Waals surface area (Å²) >= 11 is 3.52. The van der Waals surface area contributed by atoms with E-state index in [1.165, 1.54) is 5.56 Å². The van der Waals surface area contributed by atoms with Crippen LogP contribution in [0.1, 0.15) is 37.4 Å². The smallest absolute Gasteiger partial charge is 0.132 e. The van der Waals surface area contributed by atoms with E-state index in [1.54, 1.807) is 0 Å². The van der Waals surface area contributed by atoms with E-state index >= 15 is 0 Å². The molecule has 2 nitrogen and oxygen atoms in total. The number of nitrogens with one attached hydrogen (secondary N) is 1. The average molecular weight is 348 g/mol. The van der Waals surface area contributed by atoms with Crippen molar-refractivity contribution in [3.63, 3.8) is 0 Å². The minimum atomic E-state index is 0.233. The summed E-state index contributed by atoms with van der Waals surface area (Å²) in [5.41, 5.74) is 2.49. The lowest BCUT2D eigenvalue weighted by Crippen LogP contribution is -2.13. The number of hydrogen-bond donors (Lipinski definition) is 1. The molecule has 0 bridgehead atoms. The third kappa shape index (κ3) is 4.32. The van der Waals surface area contributed by atoms with Crippen LogP contribution in [0.25, 0.3) is 0 Å². The fourth-order valence-electron chi connectivity index (χ4n) is 2.25. The first kappa shape index (κ1) is 16.1. The molecular weight excluding hydrogens is 326 g/mol. The first-order valence-electron chi connectivity index (χ1n) is 7.37. The molecule has 1 atom stereocenters. The van der Waals surface area contributed by atoms with Crippen molar-refractivity contribution in [1.82, 2.24) is 5.32 Å². The van der Waals surface area contributed by atoms with Gasteiger partial charge in [-0.25, -0.2) is 0 Å². The molecule has 1 unspecified atom stereocenters. The van der Waals surface area contributed by atoms with E-state index < -0.39 is 0 Å². The molecule has 0 saturated heterocycles. The average Bonchev–Trinajstić information content (AvgIpc) is 2.50. The van der Waals surface area contributed by atoms with Crippen LogP contribution in [0, 0.1) is 0 Å². The number of ether oxygens (including phenoxy) is 1. The largest absolute Gasteiger partial charge is 0.457 e. The molecule has 0 heterocycles. The molecule has 21 heavy (non-hydrogen) atoms. The van der Waals surface area contributed by atoms with Gasteiger partial charge in [-0.3, -0.25) is 0 Å². The van der Waals surface area contributed by atoms with E-state index in [-0.39, 0.29) is 6.04 Å². The van der Waals surface area contributed by atoms with Gasteiger partial charge >= 0.3 is 0 Å². The van der Waals surface area contributed by atoms with Gasteiger partial charge in [-0.2, -0.15) is 0 Å². The minimum Gasteiger partial charge on any atom is -0.457 e. The van der Waals surface area contributed by atoms with E-state index in [1.807, 2.05) is 31.3 Å². The lowest BCUT2D eigenvalue weighted by Gasteiger charge is -2.17. The normalized spacial score (nSPS) is 12.2. The highest BCUT2D eigenvalue weighted by Crippen LogP contribution is 2.32. The molecule has 0 aromatic heterocycles. The fourth-order valence-corrected chi connectivity index (χ4v) is 2.62. The fraction of sp³-hybridized carbons (Fsp3) is 0.333. The van der Waals surface area contributed by atoms with Crippen LogP contribution in [0.15, 0.2) is 46.9 Å². The lowest BCUT2D eigenvalue weighted by atomic mass is 10.1. The van der Waals surface area contributed by atoms with Gasteiger partial charge in [0.15, 0.2) is 0 Å². The highest BCUT2D eigenvalue weighted by molar-refractivity contribution is 9.10. The lowest BCUT2D eigenvalue weighted by molar-refractivity contribution is 0.466. The van der Waals surface area contributed by atoms with Crippen LogP contribution in [0.3, 0.4) is 0 Å². The number of hydrogen-bond acceptors (Lipinski definition) is 2. The molecule has 2 rings (SSSR count). The Morgan fingerprint density at radius 2 is 1.86 bits per heavy atom. The Labute approximate surface area is 135 Å². The summed E-state index contributed by atoms with van der Waals surface area (Å²) in [7, 11) is 1.95. The molecule has 2 aromatic rings. The van der Waals surface area contributed by atoms with Crippen LogP contribution in [0.2, 0.25) is 0 Å². The van der Waals surface area contributed by atoms with E-state index in [0.29, 0.717) is 0 Å². The van der Waals surface area contributed by atoms with Gasteiger partial charge < -0.3 is 10.1 Å². The maximum absolute atomic E-state index is 6.06. The molecule has 112 valence electrons. The SMILES string of the molecule is CCCc1ccc(Oc2ccc(Br)cc2C(C)NC)cc1. The minimum absolute atomic E-state index is 0.233. The van der Waals surface area contributed by atoms with Crippen LogP contribution in [-0.2, 0) is 6.42 Å². The van der Waals surface area contributed by atoms with Crippen molar-refractivity contribution in [3.8, 4) is 11.5 Å². The van der Waals surface area contributed by atoms with Gasteiger partial charge in [0.05, 0.1) is 0 Å². The Kier molecular flexibility index (Phi) is 5.83. The molecule has 0 saturated carbocycles. The summed E-state index contributed by atoms with van der Waals surface area (Å²) in [6.45, 7) is 4.32. The van der Waals surface area contributed by atoms with Crippen molar-refractivity contribution in [2.45, 2.75) is 32.7 Å². The molecule has 2 aromatic carbocycles. The second-order valence-electron chi connectivity index (χ2n) is 5.19. The molecule has 0 fully saturated rings. The third-order valence-electron chi connectivity index (χ3n) is 3.56. The van der Waals surface area contributed by atoms with Gasteiger partial charge in [0, 0.05) is 16.1 Å². The highest BCUT2D eigenvalue weighted by atomic mass is 79.9. The van der Waals surface area contributed by atoms with Crippen LogP contribution in [0.4, 0.5) is 0 Å². The van der Waals surface area contributed by atoms with Crippen LogP contribution < -0.4 is 10.1 Å². The second kappa shape index (κ2) is 7.62. The van der Waals surface area contributed by atoms with Gasteiger partial charge in [0.2, 0.25) is 0 Å². The van der Waals surface area contributed by atoms with Crippen molar-refractivity contribution >= 4 is 15.9 Å². The summed E-state index contributed by atoms with van der Waals surface area (Å²) in [6.07, 6.45) is 2.28. The summed E-state index contributed by atoms with van der Waals surface area (Å²) < 4.78 is 7.12. The maximum atomic E-state index is 6.06. The van der Waals surface area contributed by atoms with Crippen LogP contribution in [-0.4, -0.2) is 7.05 Å². The Morgan fingerprint density at radius 3 is 2.48 bits per heavy atom. The Balaban J connectivity index is 2.22. The van der Waals surface area contributed by atoms with Crippen molar-refractivity contribution in [2.24, 2.45) is 0 Å². The Bertz CT molecular complexity index is 580. The predicted molar refractivity (Wildman–Crippen MR) is 92.1 cm³/mol. The molecule has 0 spiro atoms. The molecule has 0 aliphatic carbocycles. The summed E-state index contributed by atoms with van der Waals surface area (Å²) in [5.74, 6) is 1.77. The highest BCUT2D eigenvalue weighted by Gasteiger charge is 2.11. The summed E-state index contributed by atoms with van der Waals surface area (Å²) in [5, 5.41) is 3.26. The number of rotatable bonds is 6. The van der Waals surface area contributed by atoms with Crippen molar-refractivity contribution < 1.29 is 4.74 Å². The summed E-state index contributed by atoms with van der Waals surface area (Å²) in [4.78, 5) is 0. The van der Waals surface area contributed by atoms with Gasteiger partial charge in [0.1, 0.15) is 11.5 Å². The molecule has 0 aliphatic heterocycles. The molecular formula is C18H22BrNO. The van der Waals surface area contributed by atoms with E-state index in [0.717, 1.165) is 34.4 Å². The number of halogens is 1. The van der Waals surface area contributed by atoms with Gasteiger partial charge in [-0.15, -0.1) is 0 Å². The molecule has 0 radical (unpaired) electrons. The van der Waals surface area contributed by atoms with Crippen molar-refractivity contribution in [3.05, 3.63) is 58.1 Å². The Hall–Kier alpha value is -1.32. The van der Waals surface area contributed by atoms with Gasteiger partial charge in [-0.1, -0.05) is 41.4 Å². The van der Waals surface area contributed by atoms with Gasteiger partial charge in [0.25, 0.3) is 0 Å². The zero-order valence-corrected chi connectivity index (χ0v) is 14.4. The Morgan fingerprint density at radius 1 is 1.14 bits per heavy atom. The molecule has 3 heteroatoms. The van der Waals surface area contributed by atoms with Crippen LogP contribution >= 0.6 is 15.9 Å². The third-order valence-corrected chi connectivity index (χ3v) is 4.05. The number of aryl methyl sites for hydroxylation is 1. The second-order valence-corrected chi connectivity index (χ2v) is 6.10. The van der Waals surface area contributed by atoms with E-state index in [9.17, 15) is 0 Å². The van der Waals surface area contributed by atoms with Gasteiger partial charge in [-0.05, 0) is 56.3 Å². The standard InChI is InChI=1S/C18H22BrNO/c1-4-5-14-6-9-16(10-7-14)21-18-11-8-15(19)12-17(18)13(2)20-3/h6-13,20H,4-5H2,1-3H3. The zero-order chi connectivity index (χ0) is 15.2. The molecule has 0 amide bonds. The van der Waals surface area contributed by atoms with Crippen molar-refractivity contribution in [1.29, 1.82) is 0 Å². The predicted octanol–water partition coefficient (Wildman–Crippen LogP) is 5.47. The zero-order valence-electron chi connectivity index (χ0n) is 12.8. The summed E-state index contributed by atoms with van der Waals surface area (Å²) in [6, 6.07) is 14.7.